The zero-order valence-corrected chi connectivity index (χ0v) is 14.1. The van der Waals surface area contributed by atoms with Crippen molar-refractivity contribution < 1.29 is 19.1 Å². The highest BCUT2D eigenvalue weighted by molar-refractivity contribution is 7.20. The van der Waals surface area contributed by atoms with Crippen molar-refractivity contribution in [2.45, 2.75) is 26.7 Å². The van der Waals surface area contributed by atoms with Crippen molar-refractivity contribution in [3.8, 4) is 5.75 Å². The minimum absolute atomic E-state index is 0.0314. The van der Waals surface area contributed by atoms with Crippen LogP contribution in [0.5, 0.6) is 5.75 Å². The monoisotopic (exact) mass is 320 g/mol. The van der Waals surface area contributed by atoms with E-state index in [1.807, 2.05) is 12.1 Å². The van der Waals surface area contributed by atoms with Gasteiger partial charge in [-0.1, -0.05) is 13.8 Å². The van der Waals surface area contributed by atoms with E-state index in [-0.39, 0.29) is 18.2 Å². The van der Waals surface area contributed by atoms with E-state index in [0.29, 0.717) is 4.88 Å². The van der Waals surface area contributed by atoms with Gasteiger partial charge in [-0.2, -0.15) is 0 Å². The number of hydrogen-bond donors (Lipinski definition) is 0. The minimum atomic E-state index is -0.427. The lowest BCUT2D eigenvalue weighted by Gasteiger charge is -2.06. The van der Waals surface area contributed by atoms with Crippen molar-refractivity contribution in [2.24, 2.45) is 5.92 Å². The molecule has 1 heterocycles. The molecule has 0 unspecified atom stereocenters. The molecule has 5 heteroatoms. The van der Waals surface area contributed by atoms with Gasteiger partial charge < -0.3 is 9.47 Å². The molecule has 0 N–H and O–H groups in total. The van der Waals surface area contributed by atoms with Gasteiger partial charge in [0.1, 0.15) is 5.75 Å². The maximum Gasteiger partial charge on any atom is 0.308 e. The number of carbonyl (C=O) groups excluding carboxylic acids is 2. The molecule has 1 aromatic heterocycles. The molecule has 1 atom stereocenters. The molecule has 0 saturated carbocycles. The van der Waals surface area contributed by atoms with E-state index in [9.17, 15) is 9.59 Å². The first-order valence-corrected chi connectivity index (χ1v) is 8.03. The number of hydrogen-bond acceptors (Lipinski definition) is 5. The van der Waals surface area contributed by atoms with Crippen molar-refractivity contribution in [3.63, 3.8) is 0 Å². The average molecular weight is 320 g/mol. The van der Waals surface area contributed by atoms with Crippen LogP contribution in [0.4, 0.5) is 0 Å². The summed E-state index contributed by atoms with van der Waals surface area (Å²) in [7, 11) is 2.98. The molecule has 0 saturated heterocycles. The Morgan fingerprint density at radius 3 is 2.55 bits per heavy atom. The lowest BCUT2D eigenvalue weighted by molar-refractivity contribution is -0.144. The predicted octanol–water partition coefficient (Wildman–Crippen LogP) is 3.85. The highest BCUT2D eigenvalue weighted by Gasteiger charge is 2.20. The second kappa shape index (κ2) is 6.92. The summed E-state index contributed by atoms with van der Waals surface area (Å²) >= 11 is 1.46. The molecule has 1 aromatic carbocycles. The number of Topliss-reactive ketones (excluding diaryl/α,β-unsaturated/α-hetero) is 1. The Balaban J connectivity index is 2.29. The Hall–Kier alpha value is -1.88. The third-order valence-electron chi connectivity index (χ3n) is 3.67. The molecule has 0 aliphatic rings. The summed E-state index contributed by atoms with van der Waals surface area (Å²) in [5.74, 6) is 0.0266. The van der Waals surface area contributed by atoms with Crippen LogP contribution in [-0.2, 0) is 16.0 Å². The molecular weight excluding hydrogens is 300 g/mol. The average Bonchev–Trinajstić information content (AvgIpc) is 2.95. The topological polar surface area (TPSA) is 52.6 Å². The van der Waals surface area contributed by atoms with Gasteiger partial charge in [0.2, 0.25) is 0 Å². The van der Waals surface area contributed by atoms with Crippen LogP contribution >= 0.6 is 11.3 Å². The molecule has 0 radical (unpaired) electrons. The Morgan fingerprint density at radius 2 is 1.95 bits per heavy atom. The number of carbonyl (C=O) groups is 2. The van der Waals surface area contributed by atoms with E-state index in [2.05, 4.69) is 17.7 Å². The van der Waals surface area contributed by atoms with Crippen LogP contribution < -0.4 is 4.74 Å². The SMILES string of the molecule is CCc1cc2sc(C(=O)C[C@H](C)C(=O)OC)cc2cc1OC. The first kappa shape index (κ1) is 16.5. The number of thiophene rings is 1. The quantitative estimate of drug-likeness (QED) is 0.599. The fraction of sp³-hybridized carbons (Fsp3) is 0.412. The van der Waals surface area contributed by atoms with Gasteiger partial charge >= 0.3 is 5.97 Å². The first-order chi connectivity index (χ1) is 10.5. The van der Waals surface area contributed by atoms with Crippen LogP contribution in [0.2, 0.25) is 0 Å². The lowest BCUT2D eigenvalue weighted by Crippen LogP contribution is -2.16. The van der Waals surface area contributed by atoms with Gasteiger partial charge in [-0.25, -0.2) is 0 Å². The Bertz CT molecular complexity index is 661. The first-order valence-electron chi connectivity index (χ1n) is 7.21. The molecule has 118 valence electrons. The summed E-state index contributed by atoms with van der Waals surface area (Å²) < 4.78 is 11.1. The number of esters is 1. The number of rotatable bonds is 6. The van der Waals surface area contributed by atoms with Crippen LogP contribution in [0.3, 0.4) is 0 Å². The molecule has 0 aliphatic carbocycles. The third-order valence-corrected chi connectivity index (χ3v) is 4.81. The van der Waals surface area contributed by atoms with Crippen molar-refractivity contribution >= 4 is 33.2 Å². The van der Waals surface area contributed by atoms with Gasteiger partial charge in [0.25, 0.3) is 0 Å². The lowest BCUT2D eigenvalue weighted by atomic mass is 10.0. The smallest absolute Gasteiger partial charge is 0.308 e. The zero-order chi connectivity index (χ0) is 16.3. The van der Waals surface area contributed by atoms with E-state index in [1.165, 1.54) is 18.4 Å². The number of ketones is 1. The number of ether oxygens (including phenoxy) is 2. The normalized spacial score (nSPS) is 12.2. The summed E-state index contributed by atoms with van der Waals surface area (Å²) in [6.45, 7) is 3.77. The van der Waals surface area contributed by atoms with Crippen LogP contribution in [-0.4, -0.2) is 26.0 Å². The Morgan fingerprint density at radius 1 is 1.23 bits per heavy atom. The van der Waals surface area contributed by atoms with Crippen LogP contribution in [0.15, 0.2) is 18.2 Å². The number of fused-ring (bicyclic) bond motifs is 1. The van der Waals surface area contributed by atoms with Crippen molar-refractivity contribution in [1.29, 1.82) is 0 Å². The zero-order valence-electron chi connectivity index (χ0n) is 13.3. The van der Waals surface area contributed by atoms with E-state index in [0.717, 1.165) is 27.8 Å². The molecule has 0 bridgehead atoms. The Labute approximate surface area is 134 Å². The molecule has 4 nitrogen and oxygen atoms in total. The molecule has 0 spiro atoms. The summed E-state index contributed by atoms with van der Waals surface area (Å²) in [5, 5.41) is 0.994. The number of aryl methyl sites for hydroxylation is 1. The molecular formula is C17H20O4S. The van der Waals surface area contributed by atoms with Crippen molar-refractivity contribution in [3.05, 3.63) is 28.6 Å². The molecule has 22 heavy (non-hydrogen) atoms. The Kier molecular flexibility index (Phi) is 5.19. The molecule has 0 aliphatic heterocycles. The summed E-state index contributed by atoms with van der Waals surface area (Å²) in [5.41, 5.74) is 1.12. The second-order valence-electron chi connectivity index (χ2n) is 5.22. The summed E-state index contributed by atoms with van der Waals surface area (Å²) in [6.07, 6.45) is 1.04. The summed E-state index contributed by atoms with van der Waals surface area (Å²) in [4.78, 5) is 24.4. The number of benzene rings is 1. The van der Waals surface area contributed by atoms with E-state index < -0.39 is 5.92 Å². The van der Waals surface area contributed by atoms with Crippen LogP contribution in [0, 0.1) is 5.92 Å². The van der Waals surface area contributed by atoms with Crippen LogP contribution in [0.25, 0.3) is 10.1 Å². The van der Waals surface area contributed by atoms with E-state index in [1.54, 1.807) is 14.0 Å². The largest absolute Gasteiger partial charge is 0.496 e. The maximum atomic E-state index is 12.3. The van der Waals surface area contributed by atoms with Gasteiger partial charge in [0.15, 0.2) is 5.78 Å². The predicted molar refractivity (Wildman–Crippen MR) is 87.9 cm³/mol. The highest BCUT2D eigenvalue weighted by Crippen LogP contribution is 2.33. The molecule has 2 rings (SSSR count). The molecule has 0 amide bonds. The van der Waals surface area contributed by atoms with Crippen molar-refractivity contribution in [2.75, 3.05) is 14.2 Å². The highest BCUT2D eigenvalue weighted by atomic mass is 32.1. The molecule has 0 fully saturated rings. The van der Waals surface area contributed by atoms with E-state index in [4.69, 9.17) is 4.74 Å². The van der Waals surface area contributed by atoms with Gasteiger partial charge in [-0.3, -0.25) is 9.59 Å². The fourth-order valence-electron chi connectivity index (χ4n) is 2.38. The van der Waals surface area contributed by atoms with Gasteiger partial charge in [0.05, 0.1) is 25.0 Å². The maximum absolute atomic E-state index is 12.3. The standard InChI is InChI=1S/C17H20O4S/c1-5-11-8-15-12(7-14(11)20-3)9-16(22-15)13(18)6-10(2)17(19)21-4/h7-10H,5-6H2,1-4H3/t10-/m0/s1. The van der Waals surface area contributed by atoms with Gasteiger partial charge in [0, 0.05) is 11.1 Å². The number of methoxy groups -OCH3 is 2. The van der Waals surface area contributed by atoms with Gasteiger partial charge in [-0.15, -0.1) is 11.3 Å². The third kappa shape index (κ3) is 3.30. The van der Waals surface area contributed by atoms with Gasteiger partial charge in [-0.05, 0) is 35.6 Å². The second-order valence-corrected chi connectivity index (χ2v) is 6.30. The van der Waals surface area contributed by atoms with Crippen LogP contribution in [0.1, 0.15) is 35.5 Å². The van der Waals surface area contributed by atoms with Crippen molar-refractivity contribution in [1.82, 2.24) is 0 Å². The summed E-state index contributed by atoms with van der Waals surface area (Å²) in [6, 6.07) is 5.90. The van der Waals surface area contributed by atoms with E-state index >= 15 is 0 Å². The fourth-order valence-corrected chi connectivity index (χ4v) is 3.43. The minimum Gasteiger partial charge on any atom is -0.496 e. The molecule has 2 aromatic rings.